The Kier molecular flexibility index (Phi) is 5.89. The number of carbonyl (C=O) groups is 2. The summed E-state index contributed by atoms with van der Waals surface area (Å²) in [6.07, 6.45) is 2.49. The number of hydrogen-bond donors (Lipinski definition) is 0. The molecule has 0 saturated carbocycles. The quantitative estimate of drug-likeness (QED) is 0.566. The molecule has 5 nitrogen and oxygen atoms in total. The fourth-order valence-corrected chi connectivity index (χ4v) is 3.20. The van der Waals surface area contributed by atoms with Crippen molar-refractivity contribution in [2.24, 2.45) is 5.92 Å². The Bertz CT molecular complexity index is 748. The zero-order valence-electron chi connectivity index (χ0n) is 15.0. The zero-order valence-corrected chi connectivity index (χ0v) is 15.0. The van der Waals surface area contributed by atoms with Crippen LogP contribution in [0.15, 0.2) is 54.6 Å². The Morgan fingerprint density at radius 1 is 1.04 bits per heavy atom. The van der Waals surface area contributed by atoms with Crippen LogP contribution in [0.25, 0.3) is 0 Å². The van der Waals surface area contributed by atoms with E-state index >= 15 is 0 Å². The molecule has 0 radical (unpaired) electrons. The first-order valence-electron chi connectivity index (χ1n) is 9.01. The third-order valence-corrected chi connectivity index (χ3v) is 4.56. The maximum Gasteiger partial charge on any atom is 0.231 e. The topological polar surface area (TPSA) is 49.9 Å². The van der Waals surface area contributed by atoms with E-state index in [9.17, 15) is 9.59 Å². The van der Waals surface area contributed by atoms with Crippen LogP contribution in [-0.4, -0.2) is 32.0 Å². The number of hydrogen-bond acceptors (Lipinski definition) is 3. The molecule has 1 aliphatic rings. The van der Waals surface area contributed by atoms with Gasteiger partial charge in [0.1, 0.15) is 5.75 Å². The molecule has 2 aromatic rings. The number of anilines is 2. The van der Waals surface area contributed by atoms with Crippen molar-refractivity contribution in [2.75, 3.05) is 29.5 Å². The lowest BCUT2D eigenvalue weighted by atomic mass is 10.1. The fourth-order valence-electron chi connectivity index (χ4n) is 3.20. The molecule has 136 valence electrons. The molecule has 0 N–H and O–H groups in total. The van der Waals surface area contributed by atoms with Crippen molar-refractivity contribution < 1.29 is 14.3 Å². The molecule has 2 amide bonds. The predicted octanol–water partition coefficient (Wildman–Crippen LogP) is 3.49. The van der Waals surface area contributed by atoms with Crippen molar-refractivity contribution in [3.8, 4) is 5.75 Å². The molecular formula is C21H24N2O3. The van der Waals surface area contributed by atoms with Gasteiger partial charge in [-0.2, -0.15) is 0 Å². The molecule has 2 aromatic carbocycles. The lowest BCUT2D eigenvalue weighted by Crippen LogP contribution is -2.37. The van der Waals surface area contributed by atoms with Crippen molar-refractivity contribution in [3.05, 3.63) is 54.6 Å². The van der Waals surface area contributed by atoms with Crippen LogP contribution in [-0.2, 0) is 9.59 Å². The minimum atomic E-state index is -0.229. The molecule has 1 atom stereocenters. The van der Waals surface area contributed by atoms with E-state index in [1.54, 1.807) is 4.90 Å². The van der Waals surface area contributed by atoms with Crippen molar-refractivity contribution >= 4 is 23.7 Å². The Morgan fingerprint density at radius 3 is 2.46 bits per heavy atom. The second-order valence-electron chi connectivity index (χ2n) is 6.51. The molecule has 1 heterocycles. The summed E-state index contributed by atoms with van der Waals surface area (Å²) in [6.45, 7) is 3.51. The number of benzene rings is 2. The summed E-state index contributed by atoms with van der Waals surface area (Å²) in [5.74, 6) is 0.692. The van der Waals surface area contributed by atoms with Crippen molar-refractivity contribution in [2.45, 2.75) is 19.8 Å². The fraction of sp³-hybridized carbons (Fsp3) is 0.333. The highest BCUT2D eigenvalue weighted by Gasteiger charge is 2.30. The lowest BCUT2D eigenvalue weighted by Gasteiger charge is -2.24. The molecule has 1 aliphatic heterocycles. The average molecular weight is 352 g/mol. The number of ether oxygens (including phenoxy) is 1. The summed E-state index contributed by atoms with van der Waals surface area (Å²) in [7, 11) is 0. The van der Waals surface area contributed by atoms with E-state index in [0.29, 0.717) is 19.7 Å². The van der Waals surface area contributed by atoms with Crippen LogP contribution >= 0.6 is 0 Å². The molecular weight excluding hydrogens is 328 g/mol. The Hall–Kier alpha value is -2.82. The maximum absolute atomic E-state index is 12.8. The van der Waals surface area contributed by atoms with Gasteiger partial charge in [-0.3, -0.25) is 9.59 Å². The van der Waals surface area contributed by atoms with Gasteiger partial charge in [-0.15, -0.1) is 0 Å². The smallest absolute Gasteiger partial charge is 0.231 e. The molecule has 1 unspecified atom stereocenters. The third kappa shape index (κ3) is 4.04. The first-order valence-corrected chi connectivity index (χ1v) is 9.01. The second kappa shape index (κ2) is 8.52. The summed E-state index contributed by atoms with van der Waals surface area (Å²) in [6, 6.07) is 17.3. The maximum atomic E-state index is 12.8. The van der Waals surface area contributed by atoms with E-state index in [2.05, 4.69) is 0 Å². The predicted molar refractivity (Wildman–Crippen MR) is 103 cm³/mol. The van der Waals surface area contributed by atoms with Gasteiger partial charge in [0.15, 0.2) is 0 Å². The normalized spacial score (nSPS) is 16.8. The Balaban J connectivity index is 1.63. The van der Waals surface area contributed by atoms with E-state index in [0.717, 1.165) is 36.4 Å². The largest absolute Gasteiger partial charge is 0.494 e. The van der Waals surface area contributed by atoms with Crippen molar-refractivity contribution in [3.63, 3.8) is 0 Å². The van der Waals surface area contributed by atoms with E-state index in [1.165, 1.54) is 0 Å². The highest BCUT2D eigenvalue weighted by Crippen LogP contribution is 2.33. The summed E-state index contributed by atoms with van der Waals surface area (Å²) >= 11 is 0. The average Bonchev–Trinajstić information content (AvgIpc) is 2.78. The zero-order chi connectivity index (χ0) is 18.4. The number of fused-ring (bicyclic) bond motifs is 1. The van der Waals surface area contributed by atoms with Gasteiger partial charge >= 0.3 is 0 Å². The van der Waals surface area contributed by atoms with E-state index < -0.39 is 0 Å². The minimum absolute atomic E-state index is 0.0609. The minimum Gasteiger partial charge on any atom is -0.494 e. The van der Waals surface area contributed by atoms with Crippen molar-refractivity contribution in [1.82, 2.24) is 0 Å². The SMILES string of the molecule is CC1CN(C=O)c2ccccc2N(CCCCOc2ccccc2)C1=O. The molecule has 0 bridgehead atoms. The number of para-hydroxylation sites is 3. The summed E-state index contributed by atoms with van der Waals surface area (Å²) < 4.78 is 5.71. The van der Waals surface area contributed by atoms with Gasteiger partial charge in [0.25, 0.3) is 0 Å². The van der Waals surface area contributed by atoms with Crippen LogP contribution in [0.1, 0.15) is 19.8 Å². The molecule has 26 heavy (non-hydrogen) atoms. The Labute approximate surface area is 154 Å². The number of carbonyl (C=O) groups excluding carboxylic acids is 2. The third-order valence-electron chi connectivity index (χ3n) is 4.56. The summed E-state index contributed by atoms with van der Waals surface area (Å²) in [4.78, 5) is 27.7. The van der Waals surface area contributed by atoms with Crippen LogP contribution in [0.5, 0.6) is 5.75 Å². The highest BCUT2D eigenvalue weighted by molar-refractivity contribution is 6.02. The van der Waals surface area contributed by atoms with Crippen LogP contribution in [0.3, 0.4) is 0 Å². The lowest BCUT2D eigenvalue weighted by molar-refractivity contribution is -0.121. The Morgan fingerprint density at radius 2 is 1.73 bits per heavy atom. The highest BCUT2D eigenvalue weighted by atomic mass is 16.5. The summed E-state index contributed by atoms with van der Waals surface area (Å²) in [5.41, 5.74) is 1.60. The van der Waals surface area contributed by atoms with Crippen LogP contribution in [0.4, 0.5) is 11.4 Å². The van der Waals surface area contributed by atoms with Crippen molar-refractivity contribution in [1.29, 1.82) is 0 Å². The number of amides is 2. The van der Waals surface area contributed by atoms with Gasteiger partial charge in [-0.1, -0.05) is 37.3 Å². The molecule has 5 heteroatoms. The van der Waals surface area contributed by atoms with Gasteiger partial charge in [0.2, 0.25) is 12.3 Å². The molecule has 0 saturated heterocycles. The molecule has 0 spiro atoms. The monoisotopic (exact) mass is 352 g/mol. The van der Waals surface area contributed by atoms with Gasteiger partial charge in [-0.25, -0.2) is 0 Å². The van der Waals surface area contributed by atoms with E-state index in [-0.39, 0.29) is 11.8 Å². The number of unbranched alkanes of at least 4 members (excludes halogenated alkanes) is 1. The van der Waals surface area contributed by atoms with Crippen LogP contribution < -0.4 is 14.5 Å². The van der Waals surface area contributed by atoms with Gasteiger partial charge in [0, 0.05) is 13.1 Å². The van der Waals surface area contributed by atoms with E-state index in [1.807, 2.05) is 66.4 Å². The number of rotatable bonds is 7. The van der Waals surface area contributed by atoms with Gasteiger partial charge in [-0.05, 0) is 37.1 Å². The second-order valence-corrected chi connectivity index (χ2v) is 6.51. The molecule has 0 fully saturated rings. The molecule has 0 aliphatic carbocycles. The van der Waals surface area contributed by atoms with Gasteiger partial charge in [0.05, 0.1) is 23.9 Å². The molecule has 3 rings (SSSR count). The standard InChI is InChI=1S/C21H24N2O3/c1-17-15-22(16-24)19-11-5-6-12-20(19)23(21(17)25)13-7-8-14-26-18-9-3-2-4-10-18/h2-6,9-12,16-17H,7-8,13-15H2,1H3. The summed E-state index contributed by atoms with van der Waals surface area (Å²) in [5, 5.41) is 0. The number of nitrogens with zero attached hydrogens (tertiary/aromatic N) is 2. The first-order chi connectivity index (χ1) is 12.7. The van der Waals surface area contributed by atoms with Crippen LogP contribution in [0, 0.1) is 5.92 Å². The van der Waals surface area contributed by atoms with Gasteiger partial charge < -0.3 is 14.5 Å². The first kappa shape index (κ1) is 18.0. The van der Waals surface area contributed by atoms with E-state index in [4.69, 9.17) is 4.74 Å². The van der Waals surface area contributed by atoms with Crippen LogP contribution in [0.2, 0.25) is 0 Å². The molecule has 0 aromatic heterocycles.